The maximum absolute atomic E-state index is 11.5. The smallest absolute Gasteiger partial charge is 0.324 e. The van der Waals surface area contributed by atoms with Crippen molar-refractivity contribution in [1.82, 2.24) is 5.32 Å². The molecule has 1 aliphatic carbocycles. The topological polar surface area (TPSA) is 67.8 Å². The van der Waals surface area contributed by atoms with Crippen LogP contribution < -0.4 is 5.32 Å². The van der Waals surface area contributed by atoms with Crippen molar-refractivity contribution >= 4 is 5.97 Å². The third-order valence-electron chi connectivity index (χ3n) is 4.08. The molecule has 1 heterocycles. The highest BCUT2D eigenvalue weighted by atomic mass is 16.9. The van der Waals surface area contributed by atoms with Gasteiger partial charge in [-0.2, -0.15) is 0 Å². The number of aliphatic carboxylic acids is 1. The fourth-order valence-electron chi connectivity index (χ4n) is 2.87. The molecule has 5 heteroatoms. The first-order chi connectivity index (χ1) is 9.70. The van der Waals surface area contributed by atoms with Crippen molar-refractivity contribution < 1.29 is 19.4 Å². The standard InChI is InChI=1S/C15H19NO4/c17-13(18)15(9-5-2-6-10-15)16-14-19-12(20-14)11-7-3-1-4-8-11/h1,3-4,7-8,12,14,16H,2,5-6,9-10H2,(H,17,18). The van der Waals surface area contributed by atoms with Gasteiger partial charge < -0.3 is 14.6 Å². The molecule has 0 bridgehead atoms. The molecule has 0 aromatic heterocycles. The van der Waals surface area contributed by atoms with E-state index in [0.717, 1.165) is 24.8 Å². The molecule has 1 saturated carbocycles. The van der Waals surface area contributed by atoms with Crippen LogP contribution in [0.25, 0.3) is 0 Å². The van der Waals surface area contributed by atoms with Crippen LogP contribution in [0.1, 0.15) is 44.0 Å². The van der Waals surface area contributed by atoms with Crippen LogP contribution >= 0.6 is 0 Å². The molecule has 2 aliphatic rings. The fraction of sp³-hybridized carbons (Fsp3) is 0.533. The van der Waals surface area contributed by atoms with Crippen LogP contribution in [0.2, 0.25) is 0 Å². The minimum atomic E-state index is -0.898. The summed E-state index contributed by atoms with van der Waals surface area (Å²) in [7, 11) is 0. The van der Waals surface area contributed by atoms with Crippen LogP contribution in [0.4, 0.5) is 0 Å². The van der Waals surface area contributed by atoms with Gasteiger partial charge in [0, 0.05) is 5.56 Å². The third kappa shape index (κ3) is 2.57. The summed E-state index contributed by atoms with van der Waals surface area (Å²) < 4.78 is 11.2. The van der Waals surface area contributed by atoms with Gasteiger partial charge in [-0.15, -0.1) is 0 Å². The monoisotopic (exact) mass is 277 g/mol. The summed E-state index contributed by atoms with van der Waals surface area (Å²) in [5, 5.41) is 12.5. The number of carbonyl (C=O) groups is 1. The van der Waals surface area contributed by atoms with Gasteiger partial charge in [0.15, 0.2) is 6.29 Å². The Morgan fingerprint density at radius 1 is 1.15 bits per heavy atom. The van der Waals surface area contributed by atoms with E-state index in [1.54, 1.807) is 0 Å². The van der Waals surface area contributed by atoms with Crippen LogP contribution in [0.5, 0.6) is 0 Å². The predicted octanol–water partition coefficient (Wildman–Crippen LogP) is 2.39. The van der Waals surface area contributed by atoms with E-state index in [4.69, 9.17) is 9.47 Å². The number of hydrogen-bond donors (Lipinski definition) is 2. The first kappa shape index (κ1) is 13.5. The van der Waals surface area contributed by atoms with Crippen LogP contribution in [-0.4, -0.2) is 23.0 Å². The van der Waals surface area contributed by atoms with Gasteiger partial charge in [-0.3, -0.25) is 10.1 Å². The highest BCUT2D eigenvalue weighted by molar-refractivity contribution is 5.78. The molecule has 108 valence electrons. The molecule has 1 aliphatic heterocycles. The minimum absolute atomic E-state index is 0.400. The van der Waals surface area contributed by atoms with E-state index < -0.39 is 24.2 Å². The summed E-state index contributed by atoms with van der Waals surface area (Å²) in [6.45, 7) is 0. The lowest BCUT2D eigenvalue weighted by Crippen LogP contribution is -2.61. The molecule has 20 heavy (non-hydrogen) atoms. The maximum atomic E-state index is 11.5. The fourth-order valence-corrected chi connectivity index (χ4v) is 2.87. The van der Waals surface area contributed by atoms with E-state index in [-0.39, 0.29) is 0 Å². The lowest BCUT2D eigenvalue weighted by Gasteiger charge is -2.43. The molecule has 0 unspecified atom stereocenters. The van der Waals surface area contributed by atoms with E-state index in [1.807, 2.05) is 30.3 Å². The second-order valence-corrected chi connectivity index (χ2v) is 5.44. The van der Waals surface area contributed by atoms with Crippen LogP contribution in [-0.2, 0) is 14.3 Å². The molecule has 2 N–H and O–H groups in total. The molecule has 1 aromatic carbocycles. The molecule has 1 aromatic rings. The first-order valence-electron chi connectivity index (χ1n) is 7.07. The molecular formula is C15H19NO4. The molecule has 1 saturated heterocycles. The summed E-state index contributed by atoms with van der Waals surface area (Å²) >= 11 is 0. The van der Waals surface area contributed by atoms with Crippen LogP contribution in [0.3, 0.4) is 0 Å². The molecule has 2 fully saturated rings. The first-order valence-corrected chi connectivity index (χ1v) is 7.07. The summed E-state index contributed by atoms with van der Waals surface area (Å²) in [5.74, 6) is -0.812. The largest absolute Gasteiger partial charge is 0.480 e. The van der Waals surface area contributed by atoms with Crippen LogP contribution in [0, 0.1) is 0 Å². The Labute approximate surface area is 117 Å². The Bertz CT molecular complexity index is 464. The van der Waals surface area contributed by atoms with Gasteiger partial charge in [-0.05, 0) is 12.8 Å². The molecule has 0 radical (unpaired) electrons. The molecule has 5 nitrogen and oxygen atoms in total. The highest BCUT2D eigenvalue weighted by Gasteiger charge is 2.45. The van der Waals surface area contributed by atoms with Crippen molar-refractivity contribution in [2.45, 2.75) is 50.3 Å². The second kappa shape index (κ2) is 5.52. The van der Waals surface area contributed by atoms with Gasteiger partial charge in [-0.1, -0.05) is 49.6 Å². The van der Waals surface area contributed by atoms with Crippen molar-refractivity contribution in [2.24, 2.45) is 0 Å². The van der Waals surface area contributed by atoms with Gasteiger partial charge in [0.05, 0.1) is 0 Å². The van der Waals surface area contributed by atoms with Gasteiger partial charge in [0.25, 0.3) is 0 Å². The average Bonchev–Trinajstić information content (AvgIpc) is 2.44. The number of nitrogens with one attached hydrogen (secondary N) is 1. The quantitative estimate of drug-likeness (QED) is 0.884. The predicted molar refractivity (Wildman–Crippen MR) is 71.7 cm³/mol. The Morgan fingerprint density at radius 3 is 2.40 bits per heavy atom. The van der Waals surface area contributed by atoms with Crippen LogP contribution in [0.15, 0.2) is 30.3 Å². The maximum Gasteiger partial charge on any atom is 0.324 e. The van der Waals surface area contributed by atoms with E-state index >= 15 is 0 Å². The summed E-state index contributed by atoms with van der Waals surface area (Å²) in [6.07, 6.45) is 3.17. The number of rotatable bonds is 4. The lowest BCUT2D eigenvalue weighted by molar-refractivity contribution is -0.405. The van der Waals surface area contributed by atoms with Gasteiger partial charge in [0.2, 0.25) is 6.41 Å². The zero-order chi connectivity index (χ0) is 14.0. The summed E-state index contributed by atoms with van der Waals surface area (Å²) in [5.41, 5.74) is 0.0449. The molecular weight excluding hydrogens is 258 g/mol. The molecule has 3 rings (SSSR count). The lowest BCUT2D eigenvalue weighted by atomic mass is 9.82. The average molecular weight is 277 g/mol. The van der Waals surface area contributed by atoms with E-state index in [1.165, 1.54) is 0 Å². The number of carboxylic acids is 1. The van der Waals surface area contributed by atoms with Crippen molar-refractivity contribution in [3.8, 4) is 0 Å². The Hall–Kier alpha value is -1.43. The van der Waals surface area contributed by atoms with Crippen molar-refractivity contribution in [2.75, 3.05) is 0 Å². The van der Waals surface area contributed by atoms with Gasteiger partial charge in [-0.25, -0.2) is 0 Å². The number of carboxylic acid groups (broad SMARTS) is 1. The van der Waals surface area contributed by atoms with Gasteiger partial charge in [0.1, 0.15) is 5.54 Å². The van der Waals surface area contributed by atoms with E-state index in [0.29, 0.717) is 12.8 Å². The molecule has 0 spiro atoms. The molecule has 0 atom stereocenters. The molecule has 0 amide bonds. The minimum Gasteiger partial charge on any atom is -0.480 e. The Kier molecular flexibility index (Phi) is 3.74. The van der Waals surface area contributed by atoms with Crippen molar-refractivity contribution in [3.63, 3.8) is 0 Å². The number of hydrogen-bond acceptors (Lipinski definition) is 4. The second-order valence-electron chi connectivity index (χ2n) is 5.44. The highest BCUT2D eigenvalue weighted by Crippen LogP contribution is 2.35. The zero-order valence-corrected chi connectivity index (χ0v) is 11.2. The number of benzene rings is 1. The van der Waals surface area contributed by atoms with Crippen molar-refractivity contribution in [3.05, 3.63) is 35.9 Å². The normalized spacial score (nSPS) is 28.6. The summed E-state index contributed by atoms with van der Waals surface area (Å²) in [6, 6.07) is 9.62. The van der Waals surface area contributed by atoms with E-state index in [9.17, 15) is 9.90 Å². The Balaban J connectivity index is 1.58. The number of ether oxygens (including phenoxy) is 2. The van der Waals surface area contributed by atoms with Crippen molar-refractivity contribution in [1.29, 1.82) is 0 Å². The zero-order valence-electron chi connectivity index (χ0n) is 11.2. The van der Waals surface area contributed by atoms with Gasteiger partial charge >= 0.3 is 5.97 Å². The summed E-state index contributed by atoms with van der Waals surface area (Å²) in [4.78, 5) is 11.5. The SMILES string of the molecule is O=C(O)C1(NC2OC(c3ccccc3)O2)CCCCC1. The Morgan fingerprint density at radius 2 is 1.80 bits per heavy atom. The van der Waals surface area contributed by atoms with E-state index in [2.05, 4.69) is 5.32 Å². The third-order valence-corrected chi connectivity index (χ3v) is 4.08.